The lowest BCUT2D eigenvalue weighted by molar-refractivity contribution is -0.124. The average Bonchev–Trinajstić information content (AvgIpc) is 3.18. The second-order valence-electron chi connectivity index (χ2n) is 5.18. The maximum Gasteiger partial charge on any atom is 0.261 e. The van der Waals surface area contributed by atoms with Crippen LogP contribution in [0.5, 0.6) is 11.6 Å². The second kappa shape index (κ2) is 5.07. The Balaban J connectivity index is 1.57. The van der Waals surface area contributed by atoms with Gasteiger partial charge in [-0.1, -0.05) is 0 Å². The van der Waals surface area contributed by atoms with Crippen LogP contribution in [0, 0.1) is 5.92 Å². The summed E-state index contributed by atoms with van der Waals surface area (Å²) < 4.78 is 11.3. The van der Waals surface area contributed by atoms with E-state index < -0.39 is 0 Å². The molecule has 0 spiro atoms. The van der Waals surface area contributed by atoms with Gasteiger partial charge in [0, 0.05) is 19.0 Å². The number of aromatic nitrogens is 1. The van der Waals surface area contributed by atoms with Gasteiger partial charge in [-0.15, -0.1) is 0 Å². The summed E-state index contributed by atoms with van der Waals surface area (Å²) in [6, 6.07) is 3.59. The largest absolute Gasteiger partial charge is 0.479 e. The number of carbonyl (C=O) groups is 1. The Hall–Kier alpha value is -1.78. The van der Waals surface area contributed by atoms with Crippen molar-refractivity contribution in [2.24, 2.45) is 5.92 Å². The molecule has 0 radical (unpaired) electrons. The number of nitrogens with zero attached hydrogens (tertiary/aromatic N) is 1. The number of nitrogens with one attached hydrogen (secondary N) is 1. The highest BCUT2D eigenvalue weighted by atomic mass is 16.5. The van der Waals surface area contributed by atoms with E-state index in [0.29, 0.717) is 30.5 Å². The van der Waals surface area contributed by atoms with Crippen LogP contribution < -0.4 is 14.8 Å². The van der Waals surface area contributed by atoms with Gasteiger partial charge in [0.15, 0.2) is 6.10 Å². The van der Waals surface area contributed by atoms with Crippen molar-refractivity contribution in [1.29, 1.82) is 0 Å². The van der Waals surface area contributed by atoms with Crippen molar-refractivity contribution >= 4 is 5.91 Å². The molecule has 2 fully saturated rings. The molecule has 1 N–H and O–H groups in total. The molecule has 1 amide bonds. The first-order chi connectivity index (χ1) is 9.22. The maximum atomic E-state index is 11.4. The number of rotatable bonds is 5. The van der Waals surface area contributed by atoms with Crippen LogP contribution in [-0.4, -0.2) is 29.6 Å². The van der Waals surface area contributed by atoms with Crippen molar-refractivity contribution in [2.45, 2.75) is 38.4 Å². The van der Waals surface area contributed by atoms with Crippen LogP contribution in [0.15, 0.2) is 18.3 Å². The fraction of sp³-hybridized carbons (Fsp3) is 0.571. The third kappa shape index (κ3) is 2.97. The normalized spacial score (nSPS) is 23.8. The summed E-state index contributed by atoms with van der Waals surface area (Å²) >= 11 is 0. The van der Waals surface area contributed by atoms with Crippen LogP contribution in [0.3, 0.4) is 0 Å². The minimum Gasteiger partial charge on any atom is -0.479 e. The molecule has 1 aliphatic carbocycles. The van der Waals surface area contributed by atoms with Gasteiger partial charge in [-0.2, -0.15) is 0 Å². The zero-order chi connectivity index (χ0) is 13.2. The number of carbonyl (C=O) groups excluding carboxylic acids is 1. The molecule has 0 bridgehead atoms. The van der Waals surface area contributed by atoms with E-state index in [2.05, 4.69) is 17.2 Å². The van der Waals surface area contributed by atoms with E-state index in [1.165, 1.54) is 12.8 Å². The number of amides is 1. The summed E-state index contributed by atoms with van der Waals surface area (Å²) in [5, 5.41) is 2.74. The fourth-order valence-electron chi connectivity index (χ4n) is 2.21. The Morgan fingerprint density at radius 3 is 2.79 bits per heavy atom. The predicted octanol–water partition coefficient (Wildman–Crippen LogP) is 1.53. The van der Waals surface area contributed by atoms with Gasteiger partial charge in [0.25, 0.3) is 5.91 Å². The Morgan fingerprint density at radius 2 is 2.21 bits per heavy atom. The van der Waals surface area contributed by atoms with Crippen molar-refractivity contribution in [3.63, 3.8) is 0 Å². The van der Waals surface area contributed by atoms with Gasteiger partial charge < -0.3 is 14.8 Å². The molecule has 2 heterocycles. The zero-order valence-electron chi connectivity index (χ0n) is 11.0. The summed E-state index contributed by atoms with van der Waals surface area (Å²) in [5.41, 5.74) is 0. The quantitative estimate of drug-likeness (QED) is 0.874. The lowest BCUT2D eigenvalue weighted by Crippen LogP contribution is -2.27. The molecule has 19 heavy (non-hydrogen) atoms. The topological polar surface area (TPSA) is 60.5 Å². The molecule has 1 aromatic heterocycles. The molecular formula is C14H18N2O3. The van der Waals surface area contributed by atoms with E-state index in [-0.39, 0.29) is 18.1 Å². The fourth-order valence-corrected chi connectivity index (χ4v) is 2.21. The number of pyridine rings is 1. The van der Waals surface area contributed by atoms with Crippen LogP contribution >= 0.6 is 0 Å². The van der Waals surface area contributed by atoms with Crippen molar-refractivity contribution < 1.29 is 14.3 Å². The smallest absolute Gasteiger partial charge is 0.261 e. The summed E-state index contributed by atoms with van der Waals surface area (Å²) in [4.78, 5) is 15.6. The average molecular weight is 262 g/mol. The van der Waals surface area contributed by atoms with Crippen molar-refractivity contribution in [3.8, 4) is 11.6 Å². The Kier molecular flexibility index (Phi) is 3.27. The zero-order valence-corrected chi connectivity index (χ0v) is 11.0. The van der Waals surface area contributed by atoms with Gasteiger partial charge in [-0.3, -0.25) is 4.79 Å². The molecule has 1 saturated carbocycles. The molecule has 3 rings (SSSR count). The molecule has 1 aliphatic heterocycles. The Morgan fingerprint density at radius 1 is 1.37 bits per heavy atom. The number of hydrogen-bond donors (Lipinski definition) is 1. The van der Waals surface area contributed by atoms with Gasteiger partial charge in [0.1, 0.15) is 11.9 Å². The molecule has 0 aromatic carbocycles. The minimum atomic E-state index is -0.390. The van der Waals surface area contributed by atoms with E-state index in [4.69, 9.17) is 9.47 Å². The van der Waals surface area contributed by atoms with Gasteiger partial charge in [0.2, 0.25) is 5.88 Å². The Labute approximate surface area is 112 Å². The first kappa shape index (κ1) is 12.3. The summed E-state index contributed by atoms with van der Waals surface area (Å²) in [6.07, 6.45) is 4.65. The first-order valence-corrected chi connectivity index (χ1v) is 6.79. The molecular weight excluding hydrogens is 244 g/mol. The van der Waals surface area contributed by atoms with E-state index >= 15 is 0 Å². The van der Waals surface area contributed by atoms with E-state index in [1.807, 2.05) is 0 Å². The molecule has 5 heteroatoms. The highest BCUT2D eigenvalue weighted by Crippen LogP contribution is 2.34. The monoisotopic (exact) mass is 262 g/mol. The van der Waals surface area contributed by atoms with Gasteiger partial charge in [-0.25, -0.2) is 4.98 Å². The van der Waals surface area contributed by atoms with Crippen LogP contribution in [0.4, 0.5) is 0 Å². The van der Waals surface area contributed by atoms with Crippen molar-refractivity contribution in [1.82, 2.24) is 10.3 Å². The summed E-state index contributed by atoms with van der Waals surface area (Å²) in [5.74, 6) is 1.85. The molecule has 1 saturated heterocycles. The van der Waals surface area contributed by atoms with E-state index in [0.717, 1.165) is 0 Å². The minimum absolute atomic E-state index is 0.0531. The van der Waals surface area contributed by atoms with Crippen molar-refractivity contribution in [2.75, 3.05) is 6.54 Å². The molecule has 2 atom stereocenters. The lowest BCUT2D eigenvalue weighted by atomic mass is 10.3. The van der Waals surface area contributed by atoms with Gasteiger partial charge in [-0.05, 0) is 31.7 Å². The van der Waals surface area contributed by atoms with Crippen molar-refractivity contribution in [3.05, 3.63) is 18.3 Å². The molecule has 1 aromatic rings. The number of hydrogen-bond acceptors (Lipinski definition) is 4. The van der Waals surface area contributed by atoms with E-state index in [9.17, 15) is 4.79 Å². The summed E-state index contributed by atoms with van der Waals surface area (Å²) in [6.45, 7) is 2.75. The highest BCUT2D eigenvalue weighted by molar-refractivity contribution is 5.83. The standard InChI is InChI=1S/C14H18N2O3/c1-9(10-2-3-10)18-13-5-4-11(8-16-13)19-12-6-7-15-14(12)17/h4-5,8-10,12H,2-3,6-7H2,1H3,(H,15,17). The lowest BCUT2D eigenvalue weighted by Gasteiger charge is -2.14. The first-order valence-electron chi connectivity index (χ1n) is 6.79. The maximum absolute atomic E-state index is 11.4. The SMILES string of the molecule is CC(Oc1ccc(OC2CCNC2=O)cn1)C1CC1. The predicted molar refractivity (Wildman–Crippen MR) is 69.1 cm³/mol. The second-order valence-corrected chi connectivity index (χ2v) is 5.18. The molecule has 2 aliphatic rings. The molecule has 102 valence electrons. The van der Waals surface area contributed by atoms with Gasteiger partial charge in [0.05, 0.1) is 6.20 Å². The van der Waals surface area contributed by atoms with Gasteiger partial charge >= 0.3 is 0 Å². The van der Waals surface area contributed by atoms with E-state index in [1.54, 1.807) is 18.3 Å². The highest BCUT2D eigenvalue weighted by Gasteiger charge is 2.30. The van der Waals surface area contributed by atoms with Crippen LogP contribution in [0.2, 0.25) is 0 Å². The Bertz CT molecular complexity index is 456. The number of ether oxygens (including phenoxy) is 2. The molecule has 2 unspecified atom stereocenters. The summed E-state index contributed by atoms with van der Waals surface area (Å²) in [7, 11) is 0. The van der Waals surface area contributed by atoms with Crippen LogP contribution in [0.1, 0.15) is 26.2 Å². The third-order valence-corrected chi connectivity index (χ3v) is 3.58. The van der Waals surface area contributed by atoms with Crippen LogP contribution in [-0.2, 0) is 4.79 Å². The van der Waals surface area contributed by atoms with Crippen LogP contribution in [0.25, 0.3) is 0 Å². The third-order valence-electron chi connectivity index (χ3n) is 3.58. The molecule has 5 nitrogen and oxygen atoms in total.